The molecule has 2 aliphatic rings. The largest absolute Gasteiger partial charge is 0.442 e. The van der Waals surface area contributed by atoms with Crippen LogP contribution in [0, 0.1) is 0 Å². The van der Waals surface area contributed by atoms with Gasteiger partial charge in [0.2, 0.25) is 0 Å². The second kappa shape index (κ2) is 16.8. The first kappa shape index (κ1) is 36.4. The Balaban J connectivity index is 1.30. The fraction of sp³-hybridized carbons (Fsp3) is 0.350. The molecule has 0 saturated carbocycles. The second-order valence-electron chi connectivity index (χ2n) is 13.5. The van der Waals surface area contributed by atoms with Crippen LogP contribution >= 0.6 is 10.6 Å². The molecule has 2 aliphatic heterocycles. The summed E-state index contributed by atoms with van der Waals surface area (Å²) < 4.78 is 11.9. The molecule has 10 nitrogen and oxygen atoms in total. The van der Waals surface area contributed by atoms with Gasteiger partial charge in [0.05, 0.1) is 10.6 Å². The highest BCUT2D eigenvalue weighted by atomic mass is 32.3. The summed E-state index contributed by atoms with van der Waals surface area (Å²) in [5.74, 6) is -1.49. The van der Waals surface area contributed by atoms with E-state index in [9.17, 15) is 9.59 Å². The van der Waals surface area contributed by atoms with Crippen molar-refractivity contribution in [1.82, 2.24) is 30.4 Å². The van der Waals surface area contributed by atoms with E-state index in [1.807, 2.05) is 60.7 Å². The summed E-state index contributed by atoms with van der Waals surface area (Å²) >= 11 is 0. The van der Waals surface area contributed by atoms with E-state index in [0.29, 0.717) is 27.0 Å². The summed E-state index contributed by atoms with van der Waals surface area (Å²) in [6.07, 6.45) is 6.43. The van der Waals surface area contributed by atoms with Crippen molar-refractivity contribution >= 4 is 33.5 Å². The first-order valence-electron chi connectivity index (χ1n) is 17.6. The highest BCUT2D eigenvalue weighted by molar-refractivity contribution is 8.35. The molecule has 4 aromatic rings. The van der Waals surface area contributed by atoms with Gasteiger partial charge in [0.1, 0.15) is 10.6 Å². The highest BCUT2D eigenvalue weighted by Crippen LogP contribution is 2.75. The van der Waals surface area contributed by atoms with Crippen LogP contribution in [-0.4, -0.2) is 86.1 Å². The van der Waals surface area contributed by atoms with E-state index in [0.717, 1.165) is 87.2 Å². The van der Waals surface area contributed by atoms with Gasteiger partial charge in [-0.05, 0) is 113 Å². The molecule has 0 bridgehead atoms. The Kier molecular flexibility index (Phi) is 12.0. The lowest BCUT2D eigenvalue weighted by atomic mass is 10.1. The third-order valence-electron chi connectivity index (χ3n) is 8.84. The van der Waals surface area contributed by atoms with Gasteiger partial charge in [-0.25, -0.2) is 19.6 Å². The predicted molar refractivity (Wildman–Crippen MR) is 204 cm³/mol. The van der Waals surface area contributed by atoms with Gasteiger partial charge in [0.25, 0.3) is 0 Å². The van der Waals surface area contributed by atoms with Crippen LogP contribution in [0.1, 0.15) is 48.1 Å². The number of unbranched alkanes of at least 4 members (excludes halogenated alkanes) is 2. The van der Waals surface area contributed by atoms with Crippen LogP contribution in [0.25, 0.3) is 33.6 Å². The number of benzene rings is 3. The van der Waals surface area contributed by atoms with Crippen molar-refractivity contribution in [3.63, 3.8) is 0 Å². The minimum Gasteiger partial charge on any atom is -0.324 e. The Morgan fingerprint density at radius 3 is 1.69 bits per heavy atom. The summed E-state index contributed by atoms with van der Waals surface area (Å²) in [4.78, 5) is 41.1. The van der Waals surface area contributed by atoms with E-state index < -0.39 is 22.5 Å². The van der Waals surface area contributed by atoms with Crippen LogP contribution in [0.4, 0.5) is 0 Å². The van der Waals surface area contributed by atoms with Gasteiger partial charge in [0, 0.05) is 24.2 Å². The third kappa shape index (κ3) is 8.74. The fourth-order valence-corrected chi connectivity index (χ4v) is 8.83. The fourth-order valence-electron chi connectivity index (χ4n) is 6.15. The number of carbonyl (C=O) groups is 2. The summed E-state index contributed by atoms with van der Waals surface area (Å²) in [7, 11) is 5.38. The number of hydrogen-bond acceptors (Lipinski definition) is 10. The summed E-state index contributed by atoms with van der Waals surface area (Å²) in [5.41, 5.74) is 5.91. The topological polar surface area (TPSA) is 109 Å². The van der Waals surface area contributed by atoms with Crippen LogP contribution in [0.15, 0.2) is 83.8 Å². The number of hydrogen-bond donors (Lipinski definition) is 2. The molecule has 0 radical (unpaired) electrons. The lowest BCUT2D eigenvalue weighted by Crippen LogP contribution is -2.18. The van der Waals surface area contributed by atoms with E-state index in [-0.39, 0.29) is 0 Å². The van der Waals surface area contributed by atoms with Crippen molar-refractivity contribution < 1.29 is 18.0 Å². The minimum absolute atomic E-state index is 0.520. The van der Waals surface area contributed by atoms with Gasteiger partial charge < -0.3 is 28.8 Å². The second-order valence-corrected chi connectivity index (χ2v) is 15.7. The van der Waals surface area contributed by atoms with E-state index in [4.69, 9.17) is 18.3 Å². The first-order chi connectivity index (χ1) is 24.7. The average Bonchev–Trinajstić information content (AvgIpc) is 3.61. The van der Waals surface area contributed by atoms with E-state index in [1.165, 1.54) is 5.56 Å². The molecule has 51 heavy (non-hydrogen) atoms. The van der Waals surface area contributed by atoms with Crippen molar-refractivity contribution in [2.45, 2.75) is 43.7 Å². The van der Waals surface area contributed by atoms with Gasteiger partial charge >= 0.3 is 11.9 Å². The molecule has 3 heterocycles. The number of rotatable bonds is 17. The normalized spacial score (nSPS) is 15.3. The van der Waals surface area contributed by atoms with Crippen molar-refractivity contribution in [3.8, 4) is 22.6 Å². The molecule has 3 aromatic carbocycles. The Morgan fingerprint density at radius 2 is 1.16 bits per heavy atom. The predicted octanol–water partition coefficient (Wildman–Crippen LogP) is 6.28. The lowest BCUT2D eigenvalue weighted by molar-refractivity contribution is -0.150. The molecule has 268 valence electrons. The standard InChI is InChI=1S/C40H48N6O4S/c1-45(2)24-10-8-22-41-27-29-14-18-32(19-15-29)36-37-34(26-35(31-12-6-5-7-13-31)51(37)49-39(47)40(48)50-51)43-38(44-36)33-20-16-30(17-21-33)28-42-23-9-11-25-46(3)4/h5-7,12-21,26,41-42H,8-11,22-25,27-28H2,1-4H3. The molecule has 11 heteroatoms. The maximum Gasteiger partial charge on any atom is 0.442 e. The van der Waals surface area contributed by atoms with Crippen molar-refractivity contribution in [2.24, 2.45) is 0 Å². The Labute approximate surface area is 303 Å². The third-order valence-corrected chi connectivity index (χ3v) is 11.5. The van der Waals surface area contributed by atoms with Crippen LogP contribution in [0.3, 0.4) is 0 Å². The zero-order chi connectivity index (χ0) is 35.8. The lowest BCUT2D eigenvalue weighted by Gasteiger charge is -2.35. The number of carbonyl (C=O) groups excluding carboxylic acids is 2. The molecule has 1 saturated heterocycles. The minimum atomic E-state index is -3.01. The molecular weight excluding hydrogens is 661 g/mol. The quantitative estimate of drug-likeness (QED) is 0.0962. The van der Waals surface area contributed by atoms with Gasteiger partial charge in [-0.1, -0.05) is 78.9 Å². The van der Waals surface area contributed by atoms with Gasteiger partial charge in [-0.15, -0.1) is 0 Å². The molecule has 6 rings (SSSR count). The number of fused-ring (bicyclic) bond motifs is 2. The summed E-state index contributed by atoms with van der Waals surface area (Å²) in [6, 6.07) is 26.0. The zero-order valence-electron chi connectivity index (χ0n) is 30.0. The summed E-state index contributed by atoms with van der Waals surface area (Å²) in [5, 5.41) is 7.08. The van der Waals surface area contributed by atoms with Crippen LogP contribution < -0.4 is 10.6 Å². The summed E-state index contributed by atoms with van der Waals surface area (Å²) in [6.45, 7) is 5.61. The number of nitrogens with one attached hydrogen (secondary N) is 2. The number of aromatic nitrogens is 2. The van der Waals surface area contributed by atoms with Crippen molar-refractivity contribution in [1.29, 1.82) is 0 Å². The maximum atomic E-state index is 12.7. The van der Waals surface area contributed by atoms with E-state index >= 15 is 0 Å². The number of nitrogens with zero attached hydrogens (tertiary/aromatic N) is 4. The molecular formula is C40H48N6O4S. The zero-order valence-corrected chi connectivity index (χ0v) is 30.8. The maximum absolute atomic E-state index is 12.7. The molecule has 1 spiro atoms. The molecule has 2 N–H and O–H groups in total. The Morgan fingerprint density at radius 1 is 0.627 bits per heavy atom. The van der Waals surface area contributed by atoms with Gasteiger partial charge in [0.15, 0.2) is 5.82 Å². The Bertz CT molecular complexity index is 1830. The SMILES string of the molecule is CN(C)CCCCNCc1ccc(-c2nc3c(c(-c4ccc(CNCCCCN(C)C)cc4)n2)S2(OC(=O)C(=O)O2)C(c2ccccc2)=C3)cc1. The molecule has 0 unspecified atom stereocenters. The molecule has 0 aliphatic carbocycles. The van der Waals surface area contributed by atoms with Crippen molar-refractivity contribution in [2.75, 3.05) is 54.4 Å². The first-order valence-corrected chi connectivity index (χ1v) is 19.1. The van der Waals surface area contributed by atoms with Crippen LogP contribution in [0.5, 0.6) is 0 Å². The van der Waals surface area contributed by atoms with Crippen molar-refractivity contribution in [3.05, 3.63) is 101 Å². The van der Waals surface area contributed by atoms with Crippen LogP contribution in [-0.2, 0) is 31.0 Å². The Hall–Kier alpha value is -4.39. The van der Waals surface area contributed by atoms with Gasteiger partial charge in [-0.3, -0.25) is 0 Å². The van der Waals surface area contributed by atoms with E-state index in [1.54, 1.807) is 0 Å². The van der Waals surface area contributed by atoms with E-state index in [2.05, 4.69) is 72.9 Å². The molecule has 1 aromatic heterocycles. The molecule has 0 amide bonds. The van der Waals surface area contributed by atoms with Crippen LogP contribution in [0.2, 0.25) is 0 Å². The van der Waals surface area contributed by atoms with Gasteiger partial charge in [-0.2, -0.15) is 0 Å². The smallest absolute Gasteiger partial charge is 0.324 e. The monoisotopic (exact) mass is 708 g/mol. The molecule has 0 atom stereocenters. The highest BCUT2D eigenvalue weighted by Gasteiger charge is 2.52. The molecule has 1 fully saturated rings. The average molecular weight is 709 g/mol.